The molecular weight excluding hydrogens is 302 g/mol. The maximum atomic E-state index is 12.2. The van der Waals surface area contributed by atoms with Crippen LogP contribution in [0.5, 0.6) is 0 Å². The molecule has 2 aromatic rings. The van der Waals surface area contributed by atoms with Gasteiger partial charge in [0.2, 0.25) is 5.95 Å². The number of hydrogen-bond donors (Lipinski definition) is 1. The lowest BCUT2D eigenvalue weighted by atomic mass is 10.1. The average Bonchev–Trinajstić information content (AvgIpc) is 2.64. The molecule has 0 radical (unpaired) electrons. The number of hydrogen-bond acceptors (Lipinski definition) is 4. The lowest BCUT2D eigenvalue weighted by Gasteiger charge is -2.34. The highest BCUT2D eigenvalue weighted by molar-refractivity contribution is 5.76. The molecule has 0 unspecified atom stereocenters. The molecule has 6 nitrogen and oxygen atoms in total. The summed E-state index contributed by atoms with van der Waals surface area (Å²) < 4.78 is 0. The average molecular weight is 323 g/mol. The molecule has 2 amide bonds. The van der Waals surface area contributed by atoms with Crippen molar-refractivity contribution in [2.75, 3.05) is 31.1 Å². The lowest BCUT2D eigenvalue weighted by molar-refractivity contribution is 0.198. The van der Waals surface area contributed by atoms with E-state index in [-0.39, 0.29) is 6.03 Å². The molecule has 6 heteroatoms. The number of piperazine rings is 1. The van der Waals surface area contributed by atoms with Crippen molar-refractivity contribution in [2.24, 2.45) is 0 Å². The van der Waals surface area contributed by atoms with Gasteiger partial charge in [-0.2, -0.15) is 0 Å². The van der Waals surface area contributed by atoms with Crippen molar-refractivity contribution in [1.29, 1.82) is 0 Å². The molecule has 3 rings (SSSR count). The summed E-state index contributed by atoms with van der Waals surface area (Å²) in [7, 11) is 0. The van der Waals surface area contributed by atoms with E-state index in [0.29, 0.717) is 13.1 Å². The van der Waals surface area contributed by atoms with Crippen LogP contribution in [0.25, 0.3) is 6.08 Å². The summed E-state index contributed by atoms with van der Waals surface area (Å²) in [5.41, 5.74) is 2.28. The predicted octanol–water partition coefficient (Wildman–Crippen LogP) is 2.29. The van der Waals surface area contributed by atoms with Gasteiger partial charge in [0, 0.05) is 44.8 Å². The van der Waals surface area contributed by atoms with Crippen LogP contribution < -0.4 is 10.2 Å². The third-order valence-corrected chi connectivity index (χ3v) is 4.06. The molecule has 0 saturated carbocycles. The Kier molecular flexibility index (Phi) is 5.05. The van der Waals surface area contributed by atoms with E-state index in [1.807, 2.05) is 42.2 Å². The Morgan fingerprint density at radius 3 is 2.50 bits per heavy atom. The highest BCUT2D eigenvalue weighted by Crippen LogP contribution is 2.10. The zero-order valence-corrected chi connectivity index (χ0v) is 13.7. The molecule has 1 fully saturated rings. The predicted molar refractivity (Wildman–Crippen MR) is 94.6 cm³/mol. The van der Waals surface area contributed by atoms with Crippen LogP contribution in [0.4, 0.5) is 10.7 Å². The zero-order valence-electron chi connectivity index (χ0n) is 13.7. The zero-order chi connectivity index (χ0) is 16.8. The van der Waals surface area contributed by atoms with Gasteiger partial charge in [-0.15, -0.1) is 0 Å². The molecule has 1 N–H and O–H groups in total. The van der Waals surface area contributed by atoms with Crippen molar-refractivity contribution in [2.45, 2.75) is 6.92 Å². The van der Waals surface area contributed by atoms with Gasteiger partial charge < -0.3 is 15.1 Å². The molecule has 1 saturated heterocycles. The summed E-state index contributed by atoms with van der Waals surface area (Å²) in [4.78, 5) is 24.6. The maximum Gasteiger partial charge on any atom is 0.321 e. The number of aryl methyl sites for hydroxylation is 1. The molecule has 0 spiro atoms. The van der Waals surface area contributed by atoms with Crippen molar-refractivity contribution in [1.82, 2.24) is 20.2 Å². The first kappa shape index (κ1) is 16.0. The minimum atomic E-state index is -0.0755. The minimum Gasteiger partial charge on any atom is -0.337 e. The number of benzene rings is 1. The van der Waals surface area contributed by atoms with E-state index in [0.717, 1.165) is 24.6 Å². The Morgan fingerprint density at radius 1 is 1.08 bits per heavy atom. The molecule has 124 valence electrons. The van der Waals surface area contributed by atoms with Gasteiger partial charge in [-0.3, -0.25) is 0 Å². The summed E-state index contributed by atoms with van der Waals surface area (Å²) in [6, 6.07) is 9.78. The van der Waals surface area contributed by atoms with Gasteiger partial charge >= 0.3 is 6.03 Å². The molecular formula is C18H21N5O. The quantitative estimate of drug-likeness (QED) is 0.941. The van der Waals surface area contributed by atoms with Crippen molar-refractivity contribution < 1.29 is 4.79 Å². The first-order valence-electron chi connectivity index (χ1n) is 8.03. The van der Waals surface area contributed by atoms with Crippen LogP contribution >= 0.6 is 0 Å². The third kappa shape index (κ3) is 3.90. The molecule has 0 aliphatic carbocycles. The van der Waals surface area contributed by atoms with Crippen LogP contribution in [0.15, 0.2) is 48.9 Å². The van der Waals surface area contributed by atoms with Crippen molar-refractivity contribution in [3.05, 3.63) is 60.1 Å². The molecule has 1 aliphatic rings. The van der Waals surface area contributed by atoms with E-state index in [4.69, 9.17) is 0 Å². The SMILES string of the molecule is Cc1ccccc1/C=C/NC(=O)N1CCN(c2ncccn2)CC1. The molecule has 1 aliphatic heterocycles. The summed E-state index contributed by atoms with van der Waals surface area (Å²) in [5.74, 6) is 0.719. The van der Waals surface area contributed by atoms with Gasteiger partial charge in [-0.05, 0) is 30.2 Å². The second-order valence-electron chi connectivity index (χ2n) is 5.66. The Morgan fingerprint density at radius 2 is 1.79 bits per heavy atom. The van der Waals surface area contributed by atoms with Gasteiger partial charge in [0.05, 0.1) is 0 Å². The van der Waals surface area contributed by atoms with E-state index in [1.54, 1.807) is 24.7 Å². The van der Waals surface area contributed by atoms with Crippen LogP contribution in [-0.4, -0.2) is 47.1 Å². The number of rotatable bonds is 3. The second kappa shape index (κ2) is 7.59. The highest BCUT2D eigenvalue weighted by Gasteiger charge is 2.21. The highest BCUT2D eigenvalue weighted by atomic mass is 16.2. The normalized spacial score (nSPS) is 14.9. The smallest absolute Gasteiger partial charge is 0.321 e. The van der Waals surface area contributed by atoms with Gasteiger partial charge in [-0.25, -0.2) is 14.8 Å². The Hall–Kier alpha value is -2.89. The third-order valence-electron chi connectivity index (χ3n) is 4.06. The number of amides is 2. The lowest BCUT2D eigenvalue weighted by Crippen LogP contribution is -2.51. The van der Waals surface area contributed by atoms with E-state index < -0.39 is 0 Å². The number of urea groups is 1. The van der Waals surface area contributed by atoms with Crippen LogP contribution in [0.1, 0.15) is 11.1 Å². The Bertz CT molecular complexity index is 708. The Labute approximate surface area is 141 Å². The number of aromatic nitrogens is 2. The summed E-state index contributed by atoms with van der Waals surface area (Å²) in [5, 5.41) is 2.84. The van der Waals surface area contributed by atoms with Crippen molar-refractivity contribution >= 4 is 18.1 Å². The summed E-state index contributed by atoms with van der Waals surface area (Å²) >= 11 is 0. The van der Waals surface area contributed by atoms with Crippen molar-refractivity contribution in [3.63, 3.8) is 0 Å². The van der Waals surface area contributed by atoms with E-state index in [2.05, 4.69) is 20.2 Å². The minimum absolute atomic E-state index is 0.0755. The van der Waals surface area contributed by atoms with E-state index in [1.165, 1.54) is 5.56 Å². The van der Waals surface area contributed by atoms with Crippen molar-refractivity contribution in [3.8, 4) is 0 Å². The first-order valence-corrected chi connectivity index (χ1v) is 8.03. The first-order chi connectivity index (χ1) is 11.7. The van der Waals surface area contributed by atoms with Gasteiger partial charge in [0.15, 0.2) is 0 Å². The van der Waals surface area contributed by atoms with E-state index in [9.17, 15) is 4.79 Å². The maximum absolute atomic E-state index is 12.2. The monoisotopic (exact) mass is 323 g/mol. The summed E-state index contributed by atoms with van der Waals surface area (Å²) in [6.07, 6.45) is 7.09. The number of anilines is 1. The van der Waals surface area contributed by atoms with Crippen LogP contribution in [0.2, 0.25) is 0 Å². The topological polar surface area (TPSA) is 61.4 Å². The van der Waals surface area contributed by atoms with Gasteiger partial charge in [0.25, 0.3) is 0 Å². The number of carbonyl (C=O) groups is 1. The molecule has 1 aromatic heterocycles. The molecule has 0 bridgehead atoms. The van der Waals surface area contributed by atoms with Crippen LogP contribution in [0.3, 0.4) is 0 Å². The van der Waals surface area contributed by atoms with Crippen LogP contribution in [0, 0.1) is 6.92 Å². The number of carbonyl (C=O) groups excluding carboxylic acids is 1. The van der Waals surface area contributed by atoms with E-state index >= 15 is 0 Å². The standard InChI is InChI=1S/C18H21N5O/c1-15-5-2-3-6-16(15)7-10-21-18(24)23-13-11-22(12-14-23)17-19-8-4-9-20-17/h2-10H,11-14H2,1H3,(H,21,24)/b10-7+. The molecule has 24 heavy (non-hydrogen) atoms. The fourth-order valence-electron chi connectivity index (χ4n) is 2.63. The van der Waals surface area contributed by atoms with Crippen LogP contribution in [-0.2, 0) is 0 Å². The molecule has 1 aromatic carbocycles. The van der Waals surface area contributed by atoms with Gasteiger partial charge in [-0.1, -0.05) is 24.3 Å². The molecule has 2 heterocycles. The fourth-order valence-corrected chi connectivity index (χ4v) is 2.63. The number of nitrogens with one attached hydrogen (secondary N) is 1. The second-order valence-corrected chi connectivity index (χ2v) is 5.66. The molecule has 0 atom stereocenters. The van der Waals surface area contributed by atoms with Gasteiger partial charge in [0.1, 0.15) is 0 Å². The fraction of sp³-hybridized carbons (Fsp3) is 0.278. The summed E-state index contributed by atoms with van der Waals surface area (Å²) in [6.45, 7) is 4.83. The Balaban J connectivity index is 1.50. The largest absolute Gasteiger partial charge is 0.337 e. The number of nitrogens with zero attached hydrogens (tertiary/aromatic N) is 4.